The highest BCUT2D eigenvalue weighted by atomic mass is 16.1. The Labute approximate surface area is 113 Å². The highest BCUT2D eigenvalue weighted by Crippen LogP contribution is 2.20. The van der Waals surface area contributed by atoms with Crippen molar-refractivity contribution in [2.75, 3.05) is 6.54 Å². The molecule has 0 aromatic rings. The molecule has 0 spiro atoms. The average molecular weight is 253 g/mol. The maximum absolute atomic E-state index is 12.2. The van der Waals surface area contributed by atoms with E-state index in [1.54, 1.807) is 0 Å². The fraction of sp³-hybridized carbons (Fsp3) is 0.812. The Hall–Kier alpha value is -0.630. The number of hydrogen-bond acceptors (Lipinski definition) is 2. The summed E-state index contributed by atoms with van der Waals surface area (Å²) in [6.45, 7) is 12.7. The van der Waals surface area contributed by atoms with Gasteiger partial charge in [0.25, 0.3) is 0 Å². The van der Waals surface area contributed by atoms with Gasteiger partial charge in [0.2, 0.25) is 0 Å². The van der Waals surface area contributed by atoms with Crippen molar-refractivity contribution in [1.82, 2.24) is 5.32 Å². The zero-order valence-corrected chi connectivity index (χ0v) is 12.7. The van der Waals surface area contributed by atoms with E-state index in [4.69, 9.17) is 0 Å². The Morgan fingerprint density at radius 3 is 2.39 bits per heavy atom. The summed E-state index contributed by atoms with van der Waals surface area (Å²) < 4.78 is 0. The molecule has 106 valence electrons. The third-order valence-electron chi connectivity index (χ3n) is 3.47. The number of rotatable bonds is 11. The summed E-state index contributed by atoms with van der Waals surface area (Å²) >= 11 is 0. The van der Waals surface area contributed by atoms with Gasteiger partial charge in [0, 0.05) is 5.92 Å². The quantitative estimate of drug-likeness (QED) is 0.443. The molecule has 2 heteroatoms. The lowest BCUT2D eigenvalue weighted by atomic mass is 9.84. The van der Waals surface area contributed by atoms with Crippen LogP contribution in [0.2, 0.25) is 0 Å². The number of allylic oxidation sites excluding steroid dienone is 1. The lowest BCUT2D eigenvalue weighted by molar-refractivity contribution is -0.128. The third kappa shape index (κ3) is 6.34. The smallest absolute Gasteiger partial charge is 0.155 e. The Bertz CT molecular complexity index is 247. The maximum Gasteiger partial charge on any atom is 0.155 e. The molecule has 18 heavy (non-hydrogen) atoms. The molecule has 0 heterocycles. The van der Waals surface area contributed by atoms with Gasteiger partial charge in [-0.15, -0.1) is 6.58 Å². The Morgan fingerprint density at radius 1 is 1.28 bits per heavy atom. The molecule has 0 aliphatic heterocycles. The van der Waals surface area contributed by atoms with Crippen LogP contribution >= 0.6 is 0 Å². The summed E-state index contributed by atoms with van der Waals surface area (Å²) in [6, 6.07) is 0. The van der Waals surface area contributed by atoms with Gasteiger partial charge in [-0.2, -0.15) is 0 Å². The zero-order chi connectivity index (χ0) is 14.0. The standard InChI is InChI=1S/C16H31NO/c1-6-8-9-10-11-12-13-16(5,17-7-2)15(18)14(3)4/h6,14,17H,1,7-13H2,2-5H3/t16-/m1/s1. The molecule has 0 unspecified atom stereocenters. The number of hydrogen-bond donors (Lipinski definition) is 1. The third-order valence-corrected chi connectivity index (χ3v) is 3.47. The second kappa shape index (κ2) is 9.32. The first-order valence-electron chi connectivity index (χ1n) is 7.38. The van der Waals surface area contributed by atoms with Gasteiger partial charge in [-0.05, 0) is 32.7 Å². The minimum Gasteiger partial charge on any atom is -0.305 e. The van der Waals surface area contributed by atoms with E-state index in [1.165, 1.54) is 19.3 Å². The number of unbranched alkanes of at least 4 members (excludes halogenated alkanes) is 4. The van der Waals surface area contributed by atoms with Crippen molar-refractivity contribution in [2.45, 2.75) is 71.8 Å². The number of ketones is 1. The van der Waals surface area contributed by atoms with Crippen LogP contribution in [-0.2, 0) is 4.79 Å². The SMILES string of the molecule is C=CCCCCCC[C@@](C)(NCC)C(=O)C(C)C. The van der Waals surface area contributed by atoms with Crippen LogP contribution in [0.25, 0.3) is 0 Å². The number of carbonyl (C=O) groups excluding carboxylic acids is 1. The maximum atomic E-state index is 12.2. The van der Waals surface area contributed by atoms with Crippen LogP contribution in [0.4, 0.5) is 0 Å². The monoisotopic (exact) mass is 253 g/mol. The largest absolute Gasteiger partial charge is 0.305 e. The highest BCUT2D eigenvalue weighted by molar-refractivity contribution is 5.89. The molecule has 1 N–H and O–H groups in total. The van der Waals surface area contributed by atoms with E-state index in [0.717, 1.165) is 25.8 Å². The highest BCUT2D eigenvalue weighted by Gasteiger charge is 2.32. The van der Waals surface area contributed by atoms with E-state index in [-0.39, 0.29) is 11.5 Å². The number of carbonyl (C=O) groups is 1. The van der Waals surface area contributed by atoms with Gasteiger partial charge in [-0.1, -0.05) is 46.1 Å². The van der Waals surface area contributed by atoms with Crippen LogP contribution in [-0.4, -0.2) is 17.9 Å². The topological polar surface area (TPSA) is 29.1 Å². The zero-order valence-electron chi connectivity index (χ0n) is 12.7. The second-order valence-electron chi connectivity index (χ2n) is 5.62. The van der Waals surface area contributed by atoms with Gasteiger partial charge in [0.1, 0.15) is 0 Å². The molecular weight excluding hydrogens is 222 g/mol. The van der Waals surface area contributed by atoms with Crippen LogP contribution in [0.5, 0.6) is 0 Å². The summed E-state index contributed by atoms with van der Waals surface area (Å²) in [5, 5.41) is 3.38. The summed E-state index contributed by atoms with van der Waals surface area (Å²) in [5.41, 5.74) is -0.332. The Kier molecular flexibility index (Phi) is 8.99. The van der Waals surface area contributed by atoms with Crippen LogP contribution in [0, 0.1) is 5.92 Å². The van der Waals surface area contributed by atoms with Gasteiger partial charge in [0.05, 0.1) is 5.54 Å². The minimum absolute atomic E-state index is 0.106. The van der Waals surface area contributed by atoms with Gasteiger partial charge in [-0.3, -0.25) is 4.79 Å². The first-order valence-corrected chi connectivity index (χ1v) is 7.38. The van der Waals surface area contributed by atoms with E-state index < -0.39 is 0 Å². The molecule has 0 saturated carbocycles. The van der Waals surface area contributed by atoms with Crippen LogP contribution in [0.15, 0.2) is 12.7 Å². The predicted octanol–water partition coefficient (Wildman–Crippen LogP) is 4.11. The molecule has 0 amide bonds. The summed E-state index contributed by atoms with van der Waals surface area (Å²) in [6.07, 6.45) is 8.83. The lowest BCUT2D eigenvalue weighted by Crippen LogP contribution is -2.51. The van der Waals surface area contributed by atoms with Crippen molar-refractivity contribution < 1.29 is 4.79 Å². The van der Waals surface area contributed by atoms with Crippen LogP contribution in [0.3, 0.4) is 0 Å². The first kappa shape index (κ1) is 17.4. The van der Waals surface area contributed by atoms with Crippen molar-refractivity contribution in [3.63, 3.8) is 0 Å². The molecule has 0 aromatic carbocycles. The van der Waals surface area contributed by atoms with Crippen molar-refractivity contribution in [1.29, 1.82) is 0 Å². The first-order chi connectivity index (χ1) is 8.48. The summed E-state index contributed by atoms with van der Waals surface area (Å²) in [7, 11) is 0. The van der Waals surface area contributed by atoms with Gasteiger partial charge in [-0.25, -0.2) is 0 Å². The average Bonchev–Trinajstić information content (AvgIpc) is 2.33. The molecule has 0 fully saturated rings. The number of nitrogens with one attached hydrogen (secondary N) is 1. The predicted molar refractivity (Wildman–Crippen MR) is 79.8 cm³/mol. The van der Waals surface area contributed by atoms with E-state index in [1.807, 2.05) is 19.9 Å². The number of likely N-dealkylation sites (N-methyl/N-ethyl adjacent to an activating group) is 1. The number of Topliss-reactive ketones (excluding diaryl/α,β-unsaturated/α-hetero) is 1. The van der Waals surface area contributed by atoms with Gasteiger partial charge < -0.3 is 5.32 Å². The molecule has 1 atom stereocenters. The molecule has 0 aliphatic carbocycles. The van der Waals surface area contributed by atoms with Crippen molar-refractivity contribution >= 4 is 5.78 Å². The lowest BCUT2D eigenvalue weighted by Gasteiger charge is -2.31. The fourth-order valence-corrected chi connectivity index (χ4v) is 2.45. The molecule has 0 radical (unpaired) electrons. The fourth-order valence-electron chi connectivity index (χ4n) is 2.45. The summed E-state index contributed by atoms with van der Waals surface area (Å²) in [5.74, 6) is 0.449. The van der Waals surface area contributed by atoms with Crippen LogP contribution in [0.1, 0.15) is 66.2 Å². The molecular formula is C16H31NO. The van der Waals surface area contributed by atoms with E-state index >= 15 is 0 Å². The van der Waals surface area contributed by atoms with Crippen molar-refractivity contribution in [2.24, 2.45) is 5.92 Å². The minimum atomic E-state index is -0.332. The van der Waals surface area contributed by atoms with E-state index in [2.05, 4.69) is 25.7 Å². The Balaban J connectivity index is 4.10. The molecule has 0 saturated heterocycles. The van der Waals surface area contributed by atoms with Crippen molar-refractivity contribution in [3.8, 4) is 0 Å². The molecule has 0 aromatic heterocycles. The van der Waals surface area contributed by atoms with Gasteiger partial charge >= 0.3 is 0 Å². The van der Waals surface area contributed by atoms with Gasteiger partial charge in [0.15, 0.2) is 5.78 Å². The molecule has 2 nitrogen and oxygen atoms in total. The molecule has 0 rings (SSSR count). The Morgan fingerprint density at radius 2 is 1.89 bits per heavy atom. The second-order valence-corrected chi connectivity index (χ2v) is 5.62. The molecule has 0 bridgehead atoms. The van der Waals surface area contributed by atoms with Crippen LogP contribution < -0.4 is 5.32 Å². The molecule has 0 aliphatic rings. The van der Waals surface area contributed by atoms with Crippen molar-refractivity contribution in [3.05, 3.63) is 12.7 Å². The summed E-state index contributed by atoms with van der Waals surface area (Å²) in [4.78, 5) is 12.2. The normalized spacial score (nSPS) is 14.5. The van der Waals surface area contributed by atoms with E-state index in [0.29, 0.717) is 5.78 Å². The van der Waals surface area contributed by atoms with E-state index in [9.17, 15) is 4.79 Å².